The minimum absolute atomic E-state index is 0.00598. The van der Waals surface area contributed by atoms with E-state index in [9.17, 15) is 48.6 Å². The predicted molar refractivity (Wildman–Crippen MR) is 356 cm³/mol. The van der Waals surface area contributed by atoms with Gasteiger partial charge in [-0.3, -0.25) is 48.0 Å². The van der Waals surface area contributed by atoms with Gasteiger partial charge < -0.3 is 83.8 Å². The van der Waals surface area contributed by atoms with Crippen molar-refractivity contribution in [1.29, 1.82) is 0 Å². The lowest BCUT2D eigenvalue weighted by Crippen LogP contribution is -2.59. The molecule has 8 rings (SSSR count). The number of thioether (sulfide) groups is 1. The first-order valence-electron chi connectivity index (χ1n) is 32.7. The third-order valence-corrected chi connectivity index (χ3v) is 18.4. The molecule has 30 heteroatoms. The number of H-pyrrole nitrogens is 1. The molecule has 3 aromatic carbocycles. The summed E-state index contributed by atoms with van der Waals surface area (Å²) in [5, 5.41) is 49.9. The van der Waals surface area contributed by atoms with E-state index in [-0.39, 0.29) is 132 Å². The number of carbonyl (C=O) groups is 9. The maximum Gasteiger partial charge on any atom is 0.315 e. The van der Waals surface area contributed by atoms with Crippen molar-refractivity contribution in [2.75, 3.05) is 51.9 Å². The number of nitrogens with one attached hydrogen (secondary N) is 8. The van der Waals surface area contributed by atoms with Gasteiger partial charge in [0.2, 0.25) is 35.4 Å². The second-order valence-electron chi connectivity index (χ2n) is 24.3. The van der Waals surface area contributed by atoms with Crippen LogP contribution in [0.25, 0.3) is 10.9 Å². The molecule has 0 radical (unpaired) electrons. The maximum absolute atomic E-state index is 15.1. The van der Waals surface area contributed by atoms with Crippen LogP contribution in [0.5, 0.6) is 11.5 Å². The fourth-order valence-electron chi connectivity index (χ4n) is 11.8. The van der Waals surface area contributed by atoms with E-state index in [1.54, 1.807) is 36.7 Å². The lowest BCUT2D eigenvalue weighted by atomic mass is 9.89. The van der Waals surface area contributed by atoms with Gasteiger partial charge in [0.05, 0.1) is 50.2 Å². The van der Waals surface area contributed by atoms with Gasteiger partial charge in [0.25, 0.3) is 0 Å². The molecule has 0 spiro atoms. The standard InChI is InChI=1S/C66H89N15O14S/c67-60(87)51-13-5-6-25-81-37-44(79-80-81)35-54(72-58(86)38-95-30-29-94-28-27-93-26-8-10-45(82)9-1-4-15-57-59-55(39-96-57)77-66(92)78-59)64(91)76-53(33-43-36-71-49-12-3-2-11-48(43)49)63(90)75-52(32-41-18-22-47(84)23-19-41)62(89)73-50(14-7-24-70-65(68)69)56(85)34-42(61(88)74-51)31-40-16-20-46(83)21-17-40/h2-3,11-12,16-23,36-37,42,50-55,57,59,71,83-84H,1,4-10,13-15,24-35,38-39H2,(H2,67,87)(H,72,86)(H,73,89)(H,74,88)(H,75,90)(H,76,91)(H4,68,69,70)(H2,77,78,92)/t42-,50+,51-,52+,53+,54-,55+,57+,59+/m0/s1. The number of ketones is 2. The molecular formula is C66H89N15O14S. The van der Waals surface area contributed by atoms with Gasteiger partial charge in [0, 0.05) is 98.4 Å². The van der Waals surface area contributed by atoms with Gasteiger partial charge in [-0.25, -0.2) is 4.79 Å². The van der Waals surface area contributed by atoms with Gasteiger partial charge in [-0.15, -0.1) is 5.10 Å². The predicted octanol–water partition coefficient (Wildman–Crippen LogP) is 1.29. The molecular weight excluding hydrogens is 1260 g/mol. The second-order valence-corrected chi connectivity index (χ2v) is 25.6. The van der Waals surface area contributed by atoms with E-state index >= 15 is 4.79 Å². The summed E-state index contributed by atoms with van der Waals surface area (Å²) in [6, 6.07) is 12.8. The smallest absolute Gasteiger partial charge is 0.315 e. The van der Waals surface area contributed by atoms with Crippen LogP contribution in [0.15, 0.2) is 90.2 Å². The molecule has 9 atom stereocenters. The topological polar surface area (TPSA) is 443 Å². The SMILES string of the molecule is NC(=O)[C@@H]1CCCCn2cc(nn2)C[C@H](NC(=O)COCCOCCOCCCC(=O)CCCC[C@H]2SC[C@H]3NC(=O)N[C@H]32)C(=O)N[C@H](Cc2c[nH]c3ccccc23)C(=O)N[C@H](Cc2ccc(O)cc2)C(=O)N[C@H](CCCN=C(N)N)C(=O)C[C@H](Cc2ccc(O)cc2)C(=O)N1. The lowest BCUT2D eigenvalue weighted by Gasteiger charge is -2.27. The summed E-state index contributed by atoms with van der Waals surface area (Å²) in [5.74, 6) is -5.58. The molecule has 0 saturated carbocycles. The average Bonchev–Trinajstić information content (AvgIpc) is 1.72. The van der Waals surface area contributed by atoms with E-state index in [2.05, 4.69) is 57.5 Å². The van der Waals surface area contributed by atoms with Crippen molar-refractivity contribution >= 4 is 81.7 Å². The minimum atomic E-state index is -1.46. The van der Waals surface area contributed by atoms with Crippen LogP contribution in [-0.4, -0.2) is 189 Å². The van der Waals surface area contributed by atoms with Gasteiger partial charge >= 0.3 is 6.03 Å². The number of phenols is 2. The number of Topliss-reactive ketones (excluding diaryl/α,β-unsaturated/α-hetero) is 2. The summed E-state index contributed by atoms with van der Waals surface area (Å²) >= 11 is 1.86. The van der Waals surface area contributed by atoms with E-state index in [0.29, 0.717) is 60.7 Å². The molecule has 0 aliphatic carbocycles. The first-order chi connectivity index (χ1) is 46.3. The van der Waals surface area contributed by atoms with Gasteiger partial charge in [0.15, 0.2) is 11.7 Å². The molecule has 2 aromatic heterocycles. The van der Waals surface area contributed by atoms with Crippen LogP contribution in [-0.2, 0) is 84.8 Å². The van der Waals surface area contributed by atoms with Gasteiger partial charge in [-0.2, -0.15) is 11.8 Å². The highest BCUT2D eigenvalue weighted by molar-refractivity contribution is 8.00. The number of primary amides is 1. The van der Waals surface area contributed by atoms with Crippen molar-refractivity contribution in [1.82, 2.24) is 57.2 Å². The number of rotatable bonds is 29. The number of para-hydroxylation sites is 1. The van der Waals surface area contributed by atoms with Crippen LogP contribution in [0.4, 0.5) is 4.79 Å². The number of nitrogens with two attached hydrogens (primary N) is 3. The number of aromatic hydroxyl groups is 2. The molecule has 16 N–H and O–H groups in total. The Kier molecular flexibility index (Phi) is 28.2. The van der Waals surface area contributed by atoms with E-state index in [1.807, 2.05) is 36.0 Å². The molecule has 2 fully saturated rings. The number of unbranched alkanes of at least 4 members (excludes halogenated alkanes) is 1. The van der Waals surface area contributed by atoms with Crippen LogP contribution in [0.3, 0.4) is 0 Å². The Hall–Kier alpha value is -9.13. The summed E-state index contributed by atoms with van der Waals surface area (Å²) in [5.41, 5.74) is 19.8. The van der Waals surface area contributed by atoms with Crippen molar-refractivity contribution in [3.63, 3.8) is 0 Å². The molecule has 3 aliphatic heterocycles. The Morgan fingerprint density at radius 3 is 2.07 bits per heavy atom. The summed E-state index contributed by atoms with van der Waals surface area (Å²) < 4.78 is 18.5. The number of ether oxygens (including phenoxy) is 3. The Morgan fingerprint density at radius 2 is 1.34 bits per heavy atom. The van der Waals surface area contributed by atoms with E-state index in [1.165, 1.54) is 28.9 Å². The second kappa shape index (κ2) is 37.2. The number of hydrogen-bond acceptors (Lipinski definition) is 18. The Labute approximate surface area is 560 Å². The number of nitrogens with zero attached hydrogens (tertiary/aromatic N) is 4. The van der Waals surface area contributed by atoms with Crippen molar-refractivity contribution < 1.29 is 67.6 Å². The lowest BCUT2D eigenvalue weighted by molar-refractivity contribution is -0.135. The molecule has 518 valence electrons. The summed E-state index contributed by atoms with van der Waals surface area (Å²) in [6.45, 7) is 0.855. The first-order valence-corrected chi connectivity index (χ1v) is 33.7. The average molecular weight is 1350 g/mol. The van der Waals surface area contributed by atoms with Gasteiger partial charge in [-0.1, -0.05) is 54.1 Å². The highest BCUT2D eigenvalue weighted by atomic mass is 32.2. The largest absolute Gasteiger partial charge is 0.508 e. The number of aryl methyl sites for hydroxylation is 1. The number of guanidine groups is 1. The van der Waals surface area contributed by atoms with E-state index < -0.39 is 90.4 Å². The molecule has 29 nitrogen and oxygen atoms in total. The number of amides is 8. The van der Waals surface area contributed by atoms with Crippen molar-refractivity contribution in [3.05, 3.63) is 108 Å². The number of carbonyl (C=O) groups excluding carboxylic acids is 9. The highest BCUT2D eigenvalue weighted by Gasteiger charge is 2.43. The third-order valence-electron chi connectivity index (χ3n) is 16.9. The molecule has 5 aromatic rings. The molecule has 3 aliphatic rings. The number of aromatic amines is 1. The van der Waals surface area contributed by atoms with E-state index in [4.69, 9.17) is 31.4 Å². The van der Waals surface area contributed by atoms with E-state index in [0.717, 1.165) is 35.9 Å². The number of aromatic nitrogens is 4. The fourth-order valence-corrected chi connectivity index (χ4v) is 13.3. The molecule has 8 amide bonds. The zero-order valence-corrected chi connectivity index (χ0v) is 54.5. The van der Waals surface area contributed by atoms with Crippen LogP contribution >= 0.6 is 11.8 Å². The molecule has 0 unspecified atom stereocenters. The van der Waals surface area contributed by atoms with Crippen LogP contribution in [0, 0.1) is 5.92 Å². The highest BCUT2D eigenvalue weighted by Crippen LogP contribution is 2.33. The Balaban J connectivity index is 0.953. The number of urea groups is 1. The summed E-state index contributed by atoms with van der Waals surface area (Å²) in [4.78, 5) is 132. The number of hydrogen-bond donors (Lipinski definition) is 13. The normalized spacial score (nSPS) is 22.3. The van der Waals surface area contributed by atoms with Crippen LogP contribution in [0.2, 0.25) is 0 Å². The Morgan fingerprint density at radius 1 is 0.677 bits per heavy atom. The number of benzene rings is 3. The minimum Gasteiger partial charge on any atom is -0.508 e. The molecule has 96 heavy (non-hydrogen) atoms. The maximum atomic E-state index is 15.1. The Bertz CT molecular complexity index is 3450. The zero-order valence-electron chi connectivity index (χ0n) is 53.7. The molecule has 5 heterocycles. The number of aliphatic imine (C=N–C) groups is 1. The van der Waals surface area contributed by atoms with Crippen molar-refractivity contribution in [3.8, 4) is 11.5 Å². The van der Waals surface area contributed by atoms with Crippen LogP contribution in [0.1, 0.15) is 99.4 Å². The van der Waals surface area contributed by atoms with Crippen LogP contribution < -0.4 is 54.4 Å². The van der Waals surface area contributed by atoms with Gasteiger partial charge in [0.1, 0.15) is 48.1 Å². The first kappa shape index (κ1) is 72.7. The van der Waals surface area contributed by atoms with Crippen molar-refractivity contribution in [2.24, 2.45) is 28.1 Å². The molecule has 2 bridgehead atoms. The quantitative estimate of drug-likeness (QED) is 0.0139. The molecule has 2 saturated heterocycles. The number of fused-ring (bicyclic) bond motifs is 4. The summed E-state index contributed by atoms with van der Waals surface area (Å²) in [7, 11) is 0. The fraction of sp³-hybridized carbons (Fsp3) is 0.515. The monoisotopic (exact) mass is 1350 g/mol. The number of phenolic OH excluding ortho intramolecular Hbond substituents is 2. The zero-order chi connectivity index (χ0) is 68.3. The summed E-state index contributed by atoms with van der Waals surface area (Å²) in [6.07, 6.45) is 7.46. The van der Waals surface area contributed by atoms with Gasteiger partial charge in [-0.05, 0) is 105 Å². The van der Waals surface area contributed by atoms with Crippen molar-refractivity contribution in [2.45, 2.75) is 157 Å². The third kappa shape index (κ3) is 23.4.